The minimum atomic E-state index is -0.129. The Labute approximate surface area is 193 Å². The Balaban J connectivity index is 1.25. The average molecular weight is 460 g/mol. The molecule has 1 aromatic carbocycles. The largest absolute Gasteiger partial charge is 0.355 e. The zero-order chi connectivity index (χ0) is 21.6. The zero-order valence-corrected chi connectivity index (χ0v) is 19.3. The SMILES string of the molecule is O=C(NCC1CCCN(Cc2cccs2)C1)C1CCCN(C(=O)c2ccc(Cl)cc2)C1. The van der Waals surface area contributed by atoms with Gasteiger partial charge in [-0.15, -0.1) is 11.3 Å². The Hall–Kier alpha value is -1.89. The van der Waals surface area contributed by atoms with Gasteiger partial charge < -0.3 is 10.2 Å². The van der Waals surface area contributed by atoms with Crippen molar-refractivity contribution in [2.75, 3.05) is 32.7 Å². The molecule has 1 aromatic heterocycles. The highest BCUT2D eigenvalue weighted by molar-refractivity contribution is 7.09. The van der Waals surface area contributed by atoms with Crippen LogP contribution < -0.4 is 5.32 Å². The predicted molar refractivity (Wildman–Crippen MR) is 125 cm³/mol. The monoisotopic (exact) mass is 459 g/mol. The third-order valence-electron chi connectivity index (χ3n) is 6.30. The van der Waals surface area contributed by atoms with Crippen molar-refractivity contribution in [1.82, 2.24) is 15.1 Å². The molecule has 2 atom stereocenters. The van der Waals surface area contributed by atoms with Crippen molar-refractivity contribution in [2.45, 2.75) is 32.2 Å². The topological polar surface area (TPSA) is 52.7 Å². The molecule has 2 aromatic rings. The summed E-state index contributed by atoms with van der Waals surface area (Å²) in [5.74, 6) is 0.429. The molecule has 5 nitrogen and oxygen atoms in total. The predicted octanol–water partition coefficient (Wildman–Crippen LogP) is 4.28. The molecule has 2 fully saturated rings. The number of piperidine rings is 2. The van der Waals surface area contributed by atoms with Crippen molar-refractivity contribution in [1.29, 1.82) is 0 Å². The smallest absolute Gasteiger partial charge is 0.253 e. The number of benzene rings is 1. The van der Waals surface area contributed by atoms with E-state index in [2.05, 4.69) is 27.7 Å². The van der Waals surface area contributed by atoms with E-state index in [1.165, 1.54) is 11.3 Å². The summed E-state index contributed by atoms with van der Waals surface area (Å²) in [6.45, 7) is 5.08. The van der Waals surface area contributed by atoms with Crippen LogP contribution in [0.15, 0.2) is 41.8 Å². The van der Waals surface area contributed by atoms with Gasteiger partial charge in [0, 0.05) is 48.2 Å². The highest BCUT2D eigenvalue weighted by Gasteiger charge is 2.29. The third kappa shape index (κ3) is 6.09. The normalized spacial score (nSPS) is 22.3. The summed E-state index contributed by atoms with van der Waals surface area (Å²) >= 11 is 7.74. The second kappa shape index (κ2) is 10.6. The van der Waals surface area contributed by atoms with E-state index in [4.69, 9.17) is 11.6 Å². The van der Waals surface area contributed by atoms with Gasteiger partial charge in [0.1, 0.15) is 0 Å². The van der Waals surface area contributed by atoms with Gasteiger partial charge in [0.25, 0.3) is 5.91 Å². The van der Waals surface area contributed by atoms with Crippen LogP contribution in [-0.4, -0.2) is 54.3 Å². The van der Waals surface area contributed by atoms with E-state index >= 15 is 0 Å². The maximum Gasteiger partial charge on any atom is 0.253 e. The molecule has 0 bridgehead atoms. The van der Waals surface area contributed by atoms with Crippen molar-refractivity contribution in [3.63, 3.8) is 0 Å². The lowest BCUT2D eigenvalue weighted by atomic mass is 9.95. The van der Waals surface area contributed by atoms with Crippen LogP contribution in [0.5, 0.6) is 0 Å². The van der Waals surface area contributed by atoms with Gasteiger partial charge in [-0.2, -0.15) is 0 Å². The van der Waals surface area contributed by atoms with Crippen LogP contribution in [0.1, 0.15) is 40.9 Å². The molecular formula is C24H30ClN3O2S. The first-order chi connectivity index (χ1) is 15.1. The Morgan fingerprint density at radius 3 is 2.65 bits per heavy atom. The summed E-state index contributed by atoms with van der Waals surface area (Å²) in [6.07, 6.45) is 4.03. The van der Waals surface area contributed by atoms with E-state index in [1.807, 2.05) is 0 Å². The average Bonchev–Trinajstić information content (AvgIpc) is 3.31. The molecule has 0 saturated carbocycles. The number of thiophene rings is 1. The molecule has 7 heteroatoms. The summed E-state index contributed by atoms with van der Waals surface area (Å²) in [4.78, 5) is 31.4. The maximum atomic E-state index is 12.8. The van der Waals surface area contributed by atoms with Gasteiger partial charge in [0.2, 0.25) is 5.91 Å². The number of hydrogen-bond acceptors (Lipinski definition) is 4. The first kappa shape index (κ1) is 22.3. The quantitative estimate of drug-likeness (QED) is 0.701. The number of hydrogen-bond donors (Lipinski definition) is 1. The zero-order valence-electron chi connectivity index (χ0n) is 17.8. The molecule has 0 aliphatic carbocycles. The van der Waals surface area contributed by atoms with Gasteiger partial charge >= 0.3 is 0 Å². The van der Waals surface area contributed by atoms with Crippen molar-refractivity contribution in [3.05, 3.63) is 57.2 Å². The molecule has 0 spiro atoms. The Morgan fingerprint density at radius 1 is 1.06 bits per heavy atom. The fraction of sp³-hybridized carbons (Fsp3) is 0.500. The molecular weight excluding hydrogens is 430 g/mol. The molecule has 2 amide bonds. The van der Waals surface area contributed by atoms with Crippen LogP contribution in [0.25, 0.3) is 0 Å². The lowest BCUT2D eigenvalue weighted by Crippen LogP contribution is -2.47. The van der Waals surface area contributed by atoms with Gasteiger partial charge in [-0.1, -0.05) is 17.7 Å². The van der Waals surface area contributed by atoms with E-state index in [-0.39, 0.29) is 17.7 Å². The standard InChI is InChI=1S/C24H30ClN3O2S/c25-21-9-7-19(8-10-21)24(30)28-12-2-5-20(16-28)23(29)26-14-18-4-1-11-27(15-18)17-22-6-3-13-31-22/h3,6-10,13,18,20H,1-2,4-5,11-12,14-17H2,(H,26,29). The van der Waals surface area contributed by atoms with Crippen molar-refractivity contribution < 1.29 is 9.59 Å². The van der Waals surface area contributed by atoms with Crippen LogP contribution in [0.3, 0.4) is 0 Å². The molecule has 2 aliphatic rings. The third-order valence-corrected chi connectivity index (χ3v) is 7.41. The number of likely N-dealkylation sites (tertiary alicyclic amines) is 2. The number of nitrogens with zero attached hydrogens (tertiary/aromatic N) is 2. The van der Waals surface area contributed by atoms with Gasteiger partial charge in [-0.25, -0.2) is 0 Å². The van der Waals surface area contributed by atoms with Crippen molar-refractivity contribution in [2.24, 2.45) is 11.8 Å². The van der Waals surface area contributed by atoms with Gasteiger partial charge in [0.15, 0.2) is 0 Å². The summed E-state index contributed by atoms with van der Waals surface area (Å²) < 4.78 is 0. The van der Waals surface area contributed by atoms with E-state index < -0.39 is 0 Å². The van der Waals surface area contributed by atoms with Crippen LogP contribution in [0.2, 0.25) is 5.02 Å². The van der Waals surface area contributed by atoms with Crippen LogP contribution in [-0.2, 0) is 11.3 Å². The molecule has 0 radical (unpaired) electrons. The van der Waals surface area contributed by atoms with E-state index in [0.29, 0.717) is 29.6 Å². The minimum absolute atomic E-state index is 0.0225. The van der Waals surface area contributed by atoms with E-state index in [9.17, 15) is 9.59 Å². The van der Waals surface area contributed by atoms with Crippen molar-refractivity contribution >= 4 is 34.8 Å². The van der Waals surface area contributed by atoms with Crippen LogP contribution in [0, 0.1) is 11.8 Å². The number of nitrogens with one attached hydrogen (secondary N) is 1. The molecule has 2 saturated heterocycles. The molecule has 31 heavy (non-hydrogen) atoms. The number of carbonyl (C=O) groups excluding carboxylic acids is 2. The molecule has 2 aliphatic heterocycles. The Morgan fingerprint density at radius 2 is 1.87 bits per heavy atom. The first-order valence-corrected chi connectivity index (χ1v) is 12.4. The van der Waals surface area contributed by atoms with E-state index in [1.54, 1.807) is 40.5 Å². The summed E-state index contributed by atoms with van der Waals surface area (Å²) in [5.41, 5.74) is 0.624. The highest BCUT2D eigenvalue weighted by Crippen LogP contribution is 2.22. The number of rotatable bonds is 6. The fourth-order valence-corrected chi connectivity index (χ4v) is 5.50. The van der Waals surface area contributed by atoms with Gasteiger partial charge in [-0.3, -0.25) is 14.5 Å². The molecule has 2 unspecified atom stereocenters. The van der Waals surface area contributed by atoms with Crippen LogP contribution in [0.4, 0.5) is 0 Å². The van der Waals surface area contributed by atoms with Gasteiger partial charge in [0.05, 0.1) is 5.92 Å². The summed E-state index contributed by atoms with van der Waals surface area (Å²) in [5, 5.41) is 5.93. The summed E-state index contributed by atoms with van der Waals surface area (Å²) in [7, 11) is 0. The first-order valence-electron chi connectivity index (χ1n) is 11.2. The summed E-state index contributed by atoms with van der Waals surface area (Å²) in [6, 6.07) is 11.3. The number of carbonyl (C=O) groups is 2. The maximum absolute atomic E-state index is 12.8. The lowest BCUT2D eigenvalue weighted by molar-refractivity contribution is -0.126. The molecule has 1 N–H and O–H groups in total. The molecule has 4 rings (SSSR count). The minimum Gasteiger partial charge on any atom is -0.355 e. The molecule has 166 valence electrons. The highest BCUT2D eigenvalue weighted by atomic mass is 35.5. The van der Waals surface area contributed by atoms with Gasteiger partial charge in [-0.05, 0) is 73.9 Å². The Bertz CT molecular complexity index is 871. The second-order valence-corrected chi connectivity index (χ2v) is 10.1. The number of halogens is 1. The Kier molecular flexibility index (Phi) is 7.64. The second-order valence-electron chi connectivity index (χ2n) is 8.67. The van der Waals surface area contributed by atoms with Crippen LogP contribution >= 0.6 is 22.9 Å². The fourth-order valence-electron chi connectivity index (χ4n) is 4.62. The van der Waals surface area contributed by atoms with Crippen molar-refractivity contribution in [3.8, 4) is 0 Å². The lowest BCUT2D eigenvalue weighted by Gasteiger charge is -2.34. The number of amides is 2. The van der Waals surface area contributed by atoms with E-state index in [0.717, 1.165) is 45.4 Å². The molecule has 3 heterocycles.